The standard InChI is InChI=1S/C19H18FN5O2/c20-17-4-2-1-3-16(17)19(27)23-10-18(26)22-9-14-5-7-15(8-6-14)11-25-13-21-12-24-25/h1-8,12-13H,9-11H2,(H,22,26)(H,23,27). The van der Waals surface area contributed by atoms with E-state index in [4.69, 9.17) is 0 Å². The maximum atomic E-state index is 13.5. The second-order valence-corrected chi connectivity index (χ2v) is 5.85. The first-order valence-corrected chi connectivity index (χ1v) is 8.31. The lowest BCUT2D eigenvalue weighted by Gasteiger charge is -2.08. The number of carbonyl (C=O) groups is 2. The van der Waals surface area contributed by atoms with Crippen LogP contribution in [0.15, 0.2) is 61.2 Å². The van der Waals surface area contributed by atoms with E-state index in [-0.39, 0.29) is 18.0 Å². The van der Waals surface area contributed by atoms with E-state index in [1.54, 1.807) is 17.1 Å². The molecule has 0 aliphatic heterocycles. The summed E-state index contributed by atoms with van der Waals surface area (Å²) >= 11 is 0. The molecular formula is C19H18FN5O2. The molecule has 0 aliphatic rings. The third kappa shape index (κ3) is 5.21. The van der Waals surface area contributed by atoms with Gasteiger partial charge in [-0.2, -0.15) is 5.10 Å². The van der Waals surface area contributed by atoms with Crippen molar-refractivity contribution in [3.8, 4) is 0 Å². The average molecular weight is 367 g/mol. The molecule has 8 heteroatoms. The number of amides is 2. The number of aromatic nitrogens is 3. The van der Waals surface area contributed by atoms with Crippen molar-refractivity contribution in [1.29, 1.82) is 0 Å². The first kappa shape index (κ1) is 18.2. The zero-order valence-electron chi connectivity index (χ0n) is 14.4. The smallest absolute Gasteiger partial charge is 0.254 e. The third-order valence-electron chi connectivity index (χ3n) is 3.85. The van der Waals surface area contributed by atoms with E-state index in [1.165, 1.54) is 24.5 Å². The van der Waals surface area contributed by atoms with E-state index in [0.717, 1.165) is 11.1 Å². The normalized spacial score (nSPS) is 10.4. The summed E-state index contributed by atoms with van der Waals surface area (Å²) < 4.78 is 15.2. The van der Waals surface area contributed by atoms with Crippen LogP contribution in [0.4, 0.5) is 4.39 Å². The van der Waals surface area contributed by atoms with Gasteiger partial charge in [0.2, 0.25) is 5.91 Å². The molecule has 0 atom stereocenters. The van der Waals surface area contributed by atoms with Crippen LogP contribution in [0, 0.1) is 5.82 Å². The van der Waals surface area contributed by atoms with Gasteiger partial charge in [-0.15, -0.1) is 0 Å². The van der Waals surface area contributed by atoms with E-state index >= 15 is 0 Å². The van der Waals surface area contributed by atoms with Gasteiger partial charge in [0.1, 0.15) is 18.5 Å². The zero-order chi connectivity index (χ0) is 19.1. The molecule has 0 aliphatic carbocycles. The molecule has 7 nitrogen and oxygen atoms in total. The Hall–Kier alpha value is -3.55. The van der Waals surface area contributed by atoms with Gasteiger partial charge in [0, 0.05) is 6.54 Å². The molecular weight excluding hydrogens is 349 g/mol. The van der Waals surface area contributed by atoms with Crippen LogP contribution < -0.4 is 10.6 Å². The number of benzene rings is 2. The fourth-order valence-corrected chi connectivity index (χ4v) is 2.43. The minimum absolute atomic E-state index is 0.0896. The maximum absolute atomic E-state index is 13.5. The van der Waals surface area contributed by atoms with Crippen molar-refractivity contribution in [2.24, 2.45) is 0 Å². The van der Waals surface area contributed by atoms with Crippen molar-refractivity contribution in [1.82, 2.24) is 25.4 Å². The van der Waals surface area contributed by atoms with Crippen LogP contribution in [-0.2, 0) is 17.9 Å². The van der Waals surface area contributed by atoms with Gasteiger partial charge in [-0.05, 0) is 23.3 Å². The van der Waals surface area contributed by atoms with E-state index < -0.39 is 11.7 Å². The average Bonchev–Trinajstić information content (AvgIpc) is 3.19. The maximum Gasteiger partial charge on any atom is 0.254 e. The van der Waals surface area contributed by atoms with Gasteiger partial charge in [0.05, 0.1) is 18.7 Å². The van der Waals surface area contributed by atoms with Crippen LogP contribution in [0.5, 0.6) is 0 Å². The number of hydrogen-bond donors (Lipinski definition) is 2. The first-order valence-electron chi connectivity index (χ1n) is 8.31. The van der Waals surface area contributed by atoms with Crippen molar-refractivity contribution in [3.63, 3.8) is 0 Å². The van der Waals surface area contributed by atoms with Crippen LogP contribution in [-0.4, -0.2) is 33.1 Å². The summed E-state index contributed by atoms with van der Waals surface area (Å²) in [6.45, 7) is 0.726. The Morgan fingerprint density at radius 1 is 1.00 bits per heavy atom. The van der Waals surface area contributed by atoms with Crippen LogP contribution in [0.1, 0.15) is 21.5 Å². The van der Waals surface area contributed by atoms with E-state index in [9.17, 15) is 14.0 Å². The molecule has 0 bridgehead atoms. The summed E-state index contributed by atoms with van der Waals surface area (Å²) in [4.78, 5) is 27.6. The van der Waals surface area contributed by atoms with Gasteiger partial charge < -0.3 is 10.6 Å². The van der Waals surface area contributed by atoms with Crippen LogP contribution >= 0.6 is 0 Å². The summed E-state index contributed by atoms with van der Waals surface area (Å²) in [7, 11) is 0. The van der Waals surface area contributed by atoms with Crippen molar-refractivity contribution < 1.29 is 14.0 Å². The number of rotatable bonds is 7. The van der Waals surface area contributed by atoms with Gasteiger partial charge in [0.25, 0.3) is 5.91 Å². The number of nitrogens with one attached hydrogen (secondary N) is 2. The Bertz CT molecular complexity index is 910. The van der Waals surface area contributed by atoms with Gasteiger partial charge in [0.15, 0.2) is 0 Å². The van der Waals surface area contributed by atoms with Crippen LogP contribution in [0.3, 0.4) is 0 Å². The largest absolute Gasteiger partial charge is 0.350 e. The summed E-state index contributed by atoms with van der Waals surface area (Å²) in [5, 5.41) is 9.16. The third-order valence-corrected chi connectivity index (χ3v) is 3.85. The van der Waals surface area contributed by atoms with E-state index in [0.29, 0.717) is 13.1 Å². The summed E-state index contributed by atoms with van der Waals surface area (Å²) in [5.74, 6) is -1.60. The summed E-state index contributed by atoms with van der Waals surface area (Å²) in [6.07, 6.45) is 3.12. The van der Waals surface area contributed by atoms with Gasteiger partial charge in [-0.25, -0.2) is 14.1 Å². The van der Waals surface area contributed by atoms with Crippen LogP contribution in [0.2, 0.25) is 0 Å². The quantitative estimate of drug-likeness (QED) is 0.663. The number of nitrogens with zero attached hydrogens (tertiary/aromatic N) is 3. The molecule has 1 heterocycles. The lowest BCUT2D eigenvalue weighted by molar-refractivity contribution is -0.120. The first-order chi connectivity index (χ1) is 13.1. The van der Waals surface area contributed by atoms with E-state index in [1.807, 2.05) is 24.3 Å². The fourth-order valence-electron chi connectivity index (χ4n) is 2.43. The van der Waals surface area contributed by atoms with Gasteiger partial charge in [-0.1, -0.05) is 36.4 Å². The Kier molecular flexibility index (Phi) is 5.88. The van der Waals surface area contributed by atoms with Crippen LogP contribution in [0.25, 0.3) is 0 Å². The second kappa shape index (κ2) is 8.70. The second-order valence-electron chi connectivity index (χ2n) is 5.85. The Morgan fingerprint density at radius 2 is 1.74 bits per heavy atom. The molecule has 2 amide bonds. The molecule has 3 aromatic rings. The molecule has 0 fully saturated rings. The Balaban J connectivity index is 1.43. The Labute approximate surface area is 155 Å². The highest BCUT2D eigenvalue weighted by molar-refractivity contribution is 5.96. The molecule has 0 saturated heterocycles. The number of carbonyl (C=O) groups excluding carboxylic acids is 2. The lowest BCUT2D eigenvalue weighted by Crippen LogP contribution is -2.36. The van der Waals surface area contributed by atoms with Gasteiger partial charge >= 0.3 is 0 Å². The minimum atomic E-state index is -0.624. The molecule has 2 N–H and O–H groups in total. The predicted molar refractivity (Wildman–Crippen MR) is 96.1 cm³/mol. The number of hydrogen-bond acceptors (Lipinski definition) is 4. The molecule has 2 aromatic carbocycles. The highest BCUT2D eigenvalue weighted by Crippen LogP contribution is 2.06. The highest BCUT2D eigenvalue weighted by atomic mass is 19.1. The minimum Gasteiger partial charge on any atom is -0.350 e. The van der Waals surface area contributed by atoms with Crippen molar-refractivity contribution >= 4 is 11.8 Å². The Morgan fingerprint density at radius 3 is 2.44 bits per heavy atom. The summed E-state index contributed by atoms with van der Waals surface area (Å²) in [6, 6.07) is 13.3. The summed E-state index contributed by atoms with van der Waals surface area (Å²) in [5.41, 5.74) is 1.90. The molecule has 0 unspecified atom stereocenters. The number of halogens is 1. The van der Waals surface area contributed by atoms with E-state index in [2.05, 4.69) is 20.7 Å². The van der Waals surface area contributed by atoms with Crippen molar-refractivity contribution in [2.75, 3.05) is 6.54 Å². The van der Waals surface area contributed by atoms with Gasteiger partial charge in [-0.3, -0.25) is 9.59 Å². The fraction of sp³-hybridized carbons (Fsp3) is 0.158. The lowest BCUT2D eigenvalue weighted by atomic mass is 10.1. The molecule has 27 heavy (non-hydrogen) atoms. The topological polar surface area (TPSA) is 88.9 Å². The molecule has 138 valence electrons. The predicted octanol–water partition coefficient (Wildman–Crippen LogP) is 1.51. The molecule has 3 rings (SSSR count). The monoisotopic (exact) mass is 367 g/mol. The SMILES string of the molecule is O=C(CNC(=O)c1ccccc1F)NCc1ccc(Cn2cncn2)cc1. The van der Waals surface area contributed by atoms with Crippen molar-refractivity contribution in [3.05, 3.63) is 83.7 Å². The molecule has 0 saturated carbocycles. The highest BCUT2D eigenvalue weighted by Gasteiger charge is 2.11. The molecule has 0 spiro atoms. The zero-order valence-corrected chi connectivity index (χ0v) is 14.4. The molecule has 1 aromatic heterocycles. The van der Waals surface area contributed by atoms with Crippen molar-refractivity contribution in [2.45, 2.75) is 13.1 Å². The molecule has 0 radical (unpaired) electrons.